The highest BCUT2D eigenvalue weighted by molar-refractivity contribution is 5.33. The topological polar surface area (TPSA) is 0 Å². The Hall–Kier alpha value is -2.10. The van der Waals surface area contributed by atoms with Crippen molar-refractivity contribution in [2.45, 2.75) is 108 Å². The molecule has 0 atom stereocenters. The standard InChI is InChI=1S/C34H42F4/c1-3-21-5-7-22(8-6-21)23-9-11-24(12-10-23)28-19-32(37)34(33(38)20-28)26-15-13-25(14-16-26)27-17-30(35)29(4-2)31(36)18-27/h3,17-26H,1,4-16H2,2H3. The predicted octanol–water partition coefficient (Wildman–Crippen LogP) is 10.5. The second kappa shape index (κ2) is 12.0. The summed E-state index contributed by atoms with van der Waals surface area (Å²) in [6.07, 6.45) is 14.5. The van der Waals surface area contributed by atoms with Gasteiger partial charge < -0.3 is 0 Å². The van der Waals surface area contributed by atoms with E-state index in [4.69, 9.17) is 0 Å². The van der Waals surface area contributed by atoms with Crippen LogP contribution in [0.4, 0.5) is 17.6 Å². The van der Waals surface area contributed by atoms with Crippen molar-refractivity contribution in [3.05, 3.63) is 82.4 Å². The molecule has 3 aliphatic rings. The molecule has 3 aliphatic carbocycles. The third-order valence-electron chi connectivity index (χ3n) is 10.3. The van der Waals surface area contributed by atoms with Gasteiger partial charge in [0.15, 0.2) is 0 Å². The monoisotopic (exact) mass is 526 g/mol. The molecule has 2 aromatic rings. The second-order valence-electron chi connectivity index (χ2n) is 12.3. The number of hydrogen-bond donors (Lipinski definition) is 0. The van der Waals surface area contributed by atoms with E-state index in [2.05, 4.69) is 12.7 Å². The summed E-state index contributed by atoms with van der Waals surface area (Å²) in [5.74, 6) is 0.478. The van der Waals surface area contributed by atoms with E-state index < -0.39 is 23.3 Å². The fourth-order valence-corrected chi connectivity index (χ4v) is 7.92. The molecular formula is C34H42F4. The number of rotatable bonds is 6. The Labute approximate surface area is 225 Å². The van der Waals surface area contributed by atoms with Gasteiger partial charge in [-0.05, 0) is 154 Å². The number of benzene rings is 2. The molecule has 206 valence electrons. The smallest absolute Gasteiger partial charge is 0.129 e. The van der Waals surface area contributed by atoms with E-state index in [1.165, 1.54) is 37.8 Å². The van der Waals surface area contributed by atoms with Gasteiger partial charge in [0, 0.05) is 11.1 Å². The molecule has 0 aliphatic heterocycles. The van der Waals surface area contributed by atoms with Crippen molar-refractivity contribution in [1.29, 1.82) is 0 Å². The Morgan fingerprint density at radius 3 is 1.45 bits per heavy atom. The predicted molar refractivity (Wildman–Crippen MR) is 146 cm³/mol. The lowest BCUT2D eigenvalue weighted by Gasteiger charge is -2.37. The first kappa shape index (κ1) is 27.5. The highest BCUT2D eigenvalue weighted by Gasteiger charge is 2.33. The fraction of sp³-hybridized carbons (Fsp3) is 0.588. The van der Waals surface area contributed by atoms with E-state index in [0.29, 0.717) is 43.6 Å². The molecule has 38 heavy (non-hydrogen) atoms. The quantitative estimate of drug-likeness (QED) is 0.259. The Morgan fingerprint density at radius 1 is 0.605 bits per heavy atom. The minimum Gasteiger partial charge on any atom is -0.207 e. The average molecular weight is 527 g/mol. The molecule has 5 rings (SSSR count). The highest BCUT2D eigenvalue weighted by atomic mass is 19.1. The zero-order chi connectivity index (χ0) is 26.8. The van der Waals surface area contributed by atoms with Crippen LogP contribution in [0.5, 0.6) is 0 Å². The van der Waals surface area contributed by atoms with Crippen molar-refractivity contribution in [3.8, 4) is 0 Å². The maximum absolute atomic E-state index is 15.4. The Balaban J connectivity index is 1.19. The molecule has 0 radical (unpaired) electrons. The maximum Gasteiger partial charge on any atom is 0.129 e. The lowest BCUT2D eigenvalue weighted by Crippen LogP contribution is -2.25. The van der Waals surface area contributed by atoms with Gasteiger partial charge in [-0.1, -0.05) is 13.0 Å². The summed E-state index contributed by atoms with van der Waals surface area (Å²) >= 11 is 0. The molecule has 2 aromatic carbocycles. The van der Waals surface area contributed by atoms with Crippen molar-refractivity contribution >= 4 is 0 Å². The van der Waals surface area contributed by atoms with Gasteiger partial charge in [0.2, 0.25) is 0 Å². The van der Waals surface area contributed by atoms with E-state index in [1.54, 1.807) is 19.1 Å². The largest absolute Gasteiger partial charge is 0.207 e. The molecule has 4 heteroatoms. The van der Waals surface area contributed by atoms with Gasteiger partial charge in [-0.2, -0.15) is 0 Å². The first-order chi connectivity index (χ1) is 18.4. The van der Waals surface area contributed by atoms with Gasteiger partial charge in [-0.3, -0.25) is 0 Å². The SMILES string of the molecule is C=CC1CCC(C2CCC(c3cc(F)c(C4CCC(c5cc(F)c(CC)c(F)c5)CC4)c(F)c3)CC2)CC1. The maximum atomic E-state index is 15.4. The highest BCUT2D eigenvalue weighted by Crippen LogP contribution is 2.46. The van der Waals surface area contributed by atoms with Gasteiger partial charge >= 0.3 is 0 Å². The molecule has 0 amide bonds. The van der Waals surface area contributed by atoms with Gasteiger partial charge in [-0.15, -0.1) is 6.58 Å². The van der Waals surface area contributed by atoms with Crippen LogP contribution in [0.25, 0.3) is 0 Å². The molecule has 0 heterocycles. The minimum absolute atomic E-state index is 0.0218. The molecule has 0 aromatic heterocycles. The molecule has 0 N–H and O–H groups in total. The van der Waals surface area contributed by atoms with Crippen molar-refractivity contribution in [1.82, 2.24) is 0 Å². The van der Waals surface area contributed by atoms with Crippen LogP contribution in [0, 0.1) is 41.0 Å². The molecule has 0 saturated heterocycles. The third kappa shape index (κ3) is 5.75. The van der Waals surface area contributed by atoms with Crippen LogP contribution in [0.15, 0.2) is 36.9 Å². The summed E-state index contributed by atoms with van der Waals surface area (Å²) in [7, 11) is 0. The van der Waals surface area contributed by atoms with Crippen LogP contribution >= 0.6 is 0 Å². The Bertz CT molecular complexity index is 1070. The lowest BCUT2D eigenvalue weighted by molar-refractivity contribution is 0.171. The summed E-state index contributed by atoms with van der Waals surface area (Å²) in [5, 5.41) is 0. The van der Waals surface area contributed by atoms with Gasteiger partial charge in [-0.25, -0.2) is 17.6 Å². The Morgan fingerprint density at radius 2 is 1.00 bits per heavy atom. The van der Waals surface area contributed by atoms with E-state index >= 15 is 8.78 Å². The second-order valence-corrected chi connectivity index (χ2v) is 12.3. The molecule has 3 fully saturated rings. The van der Waals surface area contributed by atoms with Crippen LogP contribution in [-0.4, -0.2) is 0 Å². The van der Waals surface area contributed by atoms with Crippen LogP contribution < -0.4 is 0 Å². The number of allylic oxidation sites excluding steroid dienone is 1. The van der Waals surface area contributed by atoms with E-state index in [-0.39, 0.29) is 28.9 Å². The summed E-state index contributed by atoms with van der Waals surface area (Å²) in [6.45, 7) is 5.69. The molecule has 0 spiro atoms. The molecular weight excluding hydrogens is 484 g/mol. The molecule has 0 unspecified atom stereocenters. The van der Waals surface area contributed by atoms with Gasteiger partial charge in [0.05, 0.1) is 0 Å². The van der Waals surface area contributed by atoms with Gasteiger partial charge in [0.25, 0.3) is 0 Å². The molecule has 0 bridgehead atoms. The summed E-state index contributed by atoms with van der Waals surface area (Å²) < 4.78 is 59.3. The average Bonchev–Trinajstić information content (AvgIpc) is 2.93. The van der Waals surface area contributed by atoms with Crippen molar-refractivity contribution in [2.24, 2.45) is 17.8 Å². The summed E-state index contributed by atoms with van der Waals surface area (Å²) in [4.78, 5) is 0. The third-order valence-corrected chi connectivity index (χ3v) is 10.3. The van der Waals surface area contributed by atoms with E-state index in [1.807, 2.05) is 0 Å². The van der Waals surface area contributed by atoms with Crippen LogP contribution in [0.3, 0.4) is 0 Å². The molecule has 0 nitrogen and oxygen atoms in total. The summed E-state index contributed by atoms with van der Waals surface area (Å²) in [6, 6.07) is 6.09. The first-order valence-electron chi connectivity index (χ1n) is 15.0. The van der Waals surface area contributed by atoms with Crippen molar-refractivity contribution < 1.29 is 17.6 Å². The van der Waals surface area contributed by atoms with E-state index in [9.17, 15) is 8.78 Å². The van der Waals surface area contributed by atoms with Crippen LogP contribution in [-0.2, 0) is 6.42 Å². The van der Waals surface area contributed by atoms with Crippen LogP contribution in [0.1, 0.15) is 124 Å². The first-order valence-corrected chi connectivity index (χ1v) is 15.0. The fourth-order valence-electron chi connectivity index (χ4n) is 7.92. The Kier molecular flexibility index (Phi) is 8.65. The number of hydrogen-bond acceptors (Lipinski definition) is 0. The summed E-state index contributed by atoms with van der Waals surface area (Å²) in [5.41, 5.74) is 1.80. The van der Waals surface area contributed by atoms with E-state index in [0.717, 1.165) is 43.1 Å². The van der Waals surface area contributed by atoms with Crippen molar-refractivity contribution in [3.63, 3.8) is 0 Å². The van der Waals surface area contributed by atoms with Crippen LogP contribution in [0.2, 0.25) is 0 Å². The lowest BCUT2D eigenvalue weighted by atomic mass is 9.68. The zero-order valence-corrected chi connectivity index (χ0v) is 22.8. The zero-order valence-electron chi connectivity index (χ0n) is 22.8. The minimum atomic E-state index is -0.494. The van der Waals surface area contributed by atoms with Crippen molar-refractivity contribution in [2.75, 3.05) is 0 Å². The van der Waals surface area contributed by atoms with Gasteiger partial charge in [0.1, 0.15) is 23.3 Å². The number of halogens is 4. The molecule has 3 saturated carbocycles. The normalized spacial score (nSPS) is 30.2.